The number of sulfone groups is 1. The number of hydrogen-bond donors (Lipinski definition) is 0. The summed E-state index contributed by atoms with van der Waals surface area (Å²) in [5.41, 5.74) is 0.926. The standard InChI is InChI=1S/C20H22ClNO5S/c1-14(15-3-5-16(21)6-4-15)22(2)20(23)9-12-28(24,25)17-7-8-18-19(13-17)27-11-10-26-18/h3-8,13-14H,9-12H2,1-2H3. The first-order chi connectivity index (χ1) is 13.3. The molecule has 6 nitrogen and oxygen atoms in total. The lowest BCUT2D eigenvalue weighted by atomic mass is 10.1. The fourth-order valence-electron chi connectivity index (χ4n) is 2.91. The predicted octanol–water partition coefficient (Wildman–Crippen LogP) is 3.49. The van der Waals surface area contributed by atoms with Gasteiger partial charge in [-0.3, -0.25) is 4.79 Å². The van der Waals surface area contributed by atoms with Crippen LogP contribution in [0.2, 0.25) is 5.02 Å². The summed E-state index contributed by atoms with van der Waals surface area (Å²) in [6, 6.07) is 11.5. The molecule has 3 rings (SSSR count). The van der Waals surface area contributed by atoms with Gasteiger partial charge in [-0.25, -0.2) is 8.42 Å². The van der Waals surface area contributed by atoms with E-state index in [1.165, 1.54) is 12.1 Å². The maximum absolute atomic E-state index is 12.6. The van der Waals surface area contributed by atoms with Crippen LogP contribution in [-0.4, -0.2) is 45.2 Å². The smallest absolute Gasteiger partial charge is 0.223 e. The monoisotopic (exact) mass is 423 g/mol. The molecule has 0 fully saturated rings. The lowest BCUT2D eigenvalue weighted by Crippen LogP contribution is -2.31. The average Bonchev–Trinajstić information content (AvgIpc) is 2.71. The molecule has 2 aromatic carbocycles. The number of rotatable bonds is 6. The van der Waals surface area contributed by atoms with Crippen LogP contribution in [0.1, 0.15) is 24.9 Å². The summed E-state index contributed by atoms with van der Waals surface area (Å²) < 4.78 is 36.1. The highest BCUT2D eigenvalue weighted by Crippen LogP contribution is 2.32. The Morgan fingerprint density at radius 3 is 2.43 bits per heavy atom. The molecule has 0 aromatic heterocycles. The van der Waals surface area contributed by atoms with Crippen molar-refractivity contribution in [2.75, 3.05) is 26.0 Å². The molecule has 1 unspecified atom stereocenters. The fourth-order valence-corrected chi connectivity index (χ4v) is 4.28. The molecule has 0 spiro atoms. The van der Waals surface area contributed by atoms with E-state index in [-0.39, 0.29) is 29.0 Å². The van der Waals surface area contributed by atoms with Gasteiger partial charge in [0, 0.05) is 24.6 Å². The third kappa shape index (κ3) is 4.59. The largest absolute Gasteiger partial charge is 0.486 e. The second-order valence-corrected chi connectivity index (χ2v) is 9.15. The molecule has 1 aliphatic rings. The Morgan fingerprint density at radius 2 is 1.75 bits per heavy atom. The van der Waals surface area contributed by atoms with Crippen molar-refractivity contribution in [1.82, 2.24) is 4.90 Å². The van der Waals surface area contributed by atoms with E-state index in [9.17, 15) is 13.2 Å². The number of benzene rings is 2. The van der Waals surface area contributed by atoms with Crippen molar-refractivity contribution in [3.63, 3.8) is 0 Å². The van der Waals surface area contributed by atoms with Crippen molar-refractivity contribution >= 4 is 27.3 Å². The Morgan fingerprint density at radius 1 is 1.11 bits per heavy atom. The highest BCUT2D eigenvalue weighted by atomic mass is 35.5. The number of carbonyl (C=O) groups excluding carboxylic acids is 1. The lowest BCUT2D eigenvalue weighted by molar-refractivity contribution is -0.131. The third-order valence-electron chi connectivity index (χ3n) is 4.78. The molecular weight excluding hydrogens is 402 g/mol. The zero-order chi connectivity index (χ0) is 20.3. The summed E-state index contributed by atoms with van der Waals surface area (Å²) in [4.78, 5) is 14.2. The number of amides is 1. The zero-order valence-corrected chi connectivity index (χ0v) is 17.3. The van der Waals surface area contributed by atoms with Gasteiger partial charge in [0.2, 0.25) is 5.91 Å². The summed E-state index contributed by atoms with van der Waals surface area (Å²) in [5.74, 6) is 0.414. The first-order valence-electron chi connectivity index (χ1n) is 8.91. The molecule has 150 valence electrons. The van der Waals surface area contributed by atoms with Gasteiger partial charge in [0.15, 0.2) is 21.3 Å². The van der Waals surface area contributed by atoms with Crippen molar-refractivity contribution < 1.29 is 22.7 Å². The molecule has 0 N–H and O–H groups in total. The minimum Gasteiger partial charge on any atom is -0.486 e. The summed E-state index contributed by atoms with van der Waals surface area (Å²) in [6.45, 7) is 2.70. The first kappa shape index (κ1) is 20.5. The minimum absolute atomic E-state index is 0.106. The molecule has 1 amide bonds. The predicted molar refractivity (Wildman–Crippen MR) is 107 cm³/mol. The van der Waals surface area contributed by atoms with Crippen LogP contribution in [0.15, 0.2) is 47.4 Å². The molecule has 0 saturated carbocycles. The van der Waals surface area contributed by atoms with E-state index in [0.717, 1.165) is 5.56 Å². The van der Waals surface area contributed by atoms with E-state index in [4.69, 9.17) is 21.1 Å². The van der Waals surface area contributed by atoms with E-state index in [1.807, 2.05) is 19.1 Å². The number of carbonyl (C=O) groups is 1. The van der Waals surface area contributed by atoms with Crippen molar-refractivity contribution in [1.29, 1.82) is 0 Å². The first-order valence-corrected chi connectivity index (χ1v) is 10.9. The number of hydrogen-bond acceptors (Lipinski definition) is 5. The van der Waals surface area contributed by atoms with Crippen LogP contribution < -0.4 is 9.47 Å². The van der Waals surface area contributed by atoms with E-state index < -0.39 is 9.84 Å². The van der Waals surface area contributed by atoms with Gasteiger partial charge >= 0.3 is 0 Å². The number of nitrogens with zero attached hydrogens (tertiary/aromatic N) is 1. The van der Waals surface area contributed by atoms with Crippen molar-refractivity contribution in [3.8, 4) is 11.5 Å². The molecule has 1 aliphatic heterocycles. The van der Waals surface area contributed by atoms with E-state index in [2.05, 4.69) is 0 Å². The van der Waals surface area contributed by atoms with Crippen molar-refractivity contribution in [3.05, 3.63) is 53.1 Å². The maximum atomic E-state index is 12.6. The summed E-state index contributed by atoms with van der Waals surface area (Å²) in [7, 11) is -1.95. The van der Waals surface area contributed by atoms with Gasteiger partial charge in [0.25, 0.3) is 0 Å². The number of ether oxygens (including phenoxy) is 2. The normalized spacial score (nSPS) is 14.4. The van der Waals surface area contributed by atoms with Gasteiger partial charge in [0.05, 0.1) is 16.7 Å². The molecule has 0 radical (unpaired) electrons. The molecule has 1 atom stereocenters. The summed E-state index contributed by atoms with van der Waals surface area (Å²) in [5, 5.41) is 0.621. The summed E-state index contributed by atoms with van der Waals surface area (Å²) >= 11 is 5.90. The molecule has 0 saturated heterocycles. The van der Waals surface area contributed by atoms with Gasteiger partial charge in [-0.15, -0.1) is 0 Å². The molecule has 8 heteroatoms. The SMILES string of the molecule is CC(c1ccc(Cl)cc1)N(C)C(=O)CCS(=O)(=O)c1ccc2c(c1)OCCO2. The lowest BCUT2D eigenvalue weighted by Gasteiger charge is -2.25. The quantitative estimate of drug-likeness (QED) is 0.711. The van der Waals surface area contributed by atoms with Crippen LogP contribution >= 0.6 is 11.6 Å². The molecule has 1 heterocycles. The van der Waals surface area contributed by atoms with E-state index in [1.54, 1.807) is 30.1 Å². The van der Waals surface area contributed by atoms with Crippen molar-refractivity contribution in [2.24, 2.45) is 0 Å². The molecule has 2 aromatic rings. The Labute approximate surface area is 169 Å². The second-order valence-electron chi connectivity index (χ2n) is 6.61. The average molecular weight is 424 g/mol. The number of fused-ring (bicyclic) bond motifs is 1. The molecular formula is C20H22ClNO5S. The van der Waals surface area contributed by atoms with Gasteiger partial charge < -0.3 is 14.4 Å². The highest BCUT2D eigenvalue weighted by molar-refractivity contribution is 7.91. The number of halogens is 1. The van der Waals surface area contributed by atoms with Crippen LogP contribution in [0.4, 0.5) is 0 Å². The zero-order valence-electron chi connectivity index (χ0n) is 15.7. The Balaban J connectivity index is 1.65. The summed E-state index contributed by atoms with van der Waals surface area (Å²) in [6.07, 6.45) is -0.106. The van der Waals surface area contributed by atoms with Crippen LogP contribution in [-0.2, 0) is 14.6 Å². The van der Waals surface area contributed by atoms with E-state index >= 15 is 0 Å². The molecule has 0 aliphatic carbocycles. The Hall–Kier alpha value is -2.25. The van der Waals surface area contributed by atoms with Gasteiger partial charge in [0.1, 0.15) is 13.2 Å². The highest BCUT2D eigenvalue weighted by Gasteiger charge is 2.23. The maximum Gasteiger partial charge on any atom is 0.223 e. The topological polar surface area (TPSA) is 72.9 Å². The van der Waals surface area contributed by atoms with Crippen LogP contribution in [0.25, 0.3) is 0 Å². The van der Waals surface area contributed by atoms with Crippen LogP contribution in [0.5, 0.6) is 11.5 Å². The molecule has 0 bridgehead atoms. The van der Waals surface area contributed by atoms with Crippen LogP contribution in [0.3, 0.4) is 0 Å². The van der Waals surface area contributed by atoms with Crippen LogP contribution in [0, 0.1) is 0 Å². The van der Waals surface area contributed by atoms with Gasteiger partial charge in [-0.2, -0.15) is 0 Å². The Kier molecular flexibility index (Phi) is 6.15. The molecule has 28 heavy (non-hydrogen) atoms. The van der Waals surface area contributed by atoms with Gasteiger partial charge in [-0.05, 0) is 36.8 Å². The Bertz CT molecular complexity index is 959. The van der Waals surface area contributed by atoms with Crippen molar-refractivity contribution in [2.45, 2.75) is 24.3 Å². The minimum atomic E-state index is -3.62. The van der Waals surface area contributed by atoms with E-state index in [0.29, 0.717) is 29.7 Å². The fraction of sp³-hybridized carbons (Fsp3) is 0.350. The van der Waals surface area contributed by atoms with Gasteiger partial charge in [-0.1, -0.05) is 23.7 Å². The second kappa shape index (κ2) is 8.41. The third-order valence-corrected chi connectivity index (χ3v) is 6.75.